The zero-order chi connectivity index (χ0) is 15.4. The summed E-state index contributed by atoms with van der Waals surface area (Å²) in [5.41, 5.74) is 2.27. The molecule has 0 radical (unpaired) electrons. The van der Waals surface area contributed by atoms with Gasteiger partial charge in [0.15, 0.2) is 0 Å². The molecule has 2 aromatic carbocycles. The average Bonchev–Trinajstić information content (AvgIpc) is 2.97. The Morgan fingerprint density at radius 1 is 1.14 bits per heavy atom. The molecule has 110 valence electrons. The maximum absolute atomic E-state index is 12.2. The van der Waals surface area contributed by atoms with Gasteiger partial charge in [-0.15, -0.1) is 11.3 Å². The lowest BCUT2D eigenvalue weighted by atomic mass is 10.2. The zero-order valence-electron chi connectivity index (χ0n) is 11.6. The van der Waals surface area contributed by atoms with Crippen LogP contribution in [0.3, 0.4) is 0 Å². The number of nitrogens with zero attached hydrogens (tertiary/aromatic N) is 1. The topological polar surface area (TPSA) is 42.0 Å². The minimum Gasteiger partial charge on any atom is -0.321 e. The van der Waals surface area contributed by atoms with Crippen LogP contribution in [0.15, 0.2) is 60.0 Å². The highest BCUT2D eigenvalue weighted by atomic mass is 35.5. The monoisotopic (exact) mass is 328 g/mol. The molecule has 0 unspecified atom stereocenters. The summed E-state index contributed by atoms with van der Waals surface area (Å²) in [5.74, 6) is -0.224. The summed E-state index contributed by atoms with van der Waals surface area (Å²) in [4.78, 5) is 16.6. The van der Waals surface area contributed by atoms with Crippen LogP contribution in [0, 0.1) is 0 Å². The Labute approximate surface area is 137 Å². The van der Waals surface area contributed by atoms with Crippen molar-refractivity contribution in [1.82, 2.24) is 4.98 Å². The fourth-order valence-corrected chi connectivity index (χ4v) is 3.03. The zero-order valence-corrected chi connectivity index (χ0v) is 13.2. The first-order valence-electron chi connectivity index (χ1n) is 6.76. The second-order valence-corrected chi connectivity index (χ2v) is 6.13. The summed E-state index contributed by atoms with van der Waals surface area (Å²) < 4.78 is 0. The Bertz CT molecular complexity index is 786. The van der Waals surface area contributed by atoms with Crippen molar-refractivity contribution in [2.45, 2.75) is 6.42 Å². The molecular formula is C17H13ClN2OS. The largest absolute Gasteiger partial charge is 0.321 e. The summed E-state index contributed by atoms with van der Waals surface area (Å²) >= 11 is 7.39. The SMILES string of the molecule is O=C(Nc1cccc(Cl)c1)c1csc(Cc2ccccc2)n1. The Balaban J connectivity index is 1.69. The minimum atomic E-state index is -0.224. The normalized spacial score (nSPS) is 10.4. The van der Waals surface area contributed by atoms with Crippen molar-refractivity contribution < 1.29 is 4.79 Å². The molecule has 0 spiro atoms. The number of amides is 1. The van der Waals surface area contributed by atoms with E-state index in [1.54, 1.807) is 29.6 Å². The molecule has 3 nitrogen and oxygen atoms in total. The number of thiazole rings is 1. The van der Waals surface area contributed by atoms with Crippen molar-refractivity contribution in [3.63, 3.8) is 0 Å². The molecule has 1 N–H and O–H groups in total. The van der Waals surface area contributed by atoms with Gasteiger partial charge in [0.2, 0.25) is 0 Å². The molecule has 3 aromatic rings. The molecule has 1 aromatic heterocycles. The molecule has 0 fully saturated rings. The molecular weight excluding hydrogens is 316 g/mol. The molecule has 0 saturated carbocycles. The van der Waals surface area contributed by atoms with Crippen LogP contribution in [0.25, 0.3) is 0 Å². The quantitative estimate of drug-likeness (QED) is 0.758. The molecule has 0 bridgehead atoms. The third-order valence-electron chi connectivity index (χ3n) is 3.07. The van der Waals surface area contributed by atoms with Crippen molar-refractivity contribution in [3.8, 4) is 0 Å². The maximum atomic E-state index is 12.2. The third kappa shape index (κ3) is 3.72. The highest BCUT2D eigenvalue weighted by Crippen LogP contribution is 2.18. The van der Waals surface area contributed by atoms with Gasteiger partial charge in [-0.2, -0.15) is 0 Å². The lowest BCUT2D eigenvalue weighted by molar-refractivity contribution is 0.102. The number of carbonyl (C=O) groups is 1. The number of hydrogen-bond acceptors (Lipinski definition) is 3. The van der Waals surface area contributed by atoms with Crippen LogP contribution in [0.1, 0.15) is 21.1 Å². The Morgan fingerprint density at radius 3 is 2.73 bits per heavy atom. The lowest BCUT2D eigenvalue weighted by Crippen LogP contribution is -2.12. The van der Waals surface area contributed by atoms with Gasteiger partial charge < -0.3 is 5.32 Å². The number of carbonyl (C=O) groups excluding carboxylic acids is 1. The van der Waals surface area contributed by atoms with Gasteiger partial charge in [0.25, 0.3) is 5.91 Å². The van der Waals surface area contributed by atoms with Crippen LogP contribution in [-0.4, -0.2) is 10.9 Å². The van der Waals surface area contributed by atoms with E-state index in [0.29, 0.717) is 16.4 Å². The number of benzene rings is 2. The highest BCUT2D eigenvalue weighted by molar-refractivity contribution is 7.09. The number of rotatable bonds is 4. The average molecular weight is 329 g/mol. The van der Waals surface area contributed by atoms with Crippen molar-refractivity contribution in [2.75, 3.05) is 5.32 Å². The van der Waals surface area contributed by atoms with Crippen LogP contribution in [-0.2, 0) is 6.42 Å². The lowest BCUT2D eigenvalue weighted by Gasteiger charge is -2.03. The van der Waals surface area contributed by atoms with E-state index in [1.165, 1.54) is 16.9 Å². The van der Waals surface area contributed by atoms with E-state index in [0.717, 1.165) is 11.4 Å². The van der Waals surface area contributed by atoms with Crippen LogP contribution in [0.2, 0.25) is 5.02 Å². The van der Waals surface area contributed by atoms with E-state index >= 15 is 0 Å². The molecule has 3 rings (SSSR count). The molecule has 0 atom stereocenters. The maximum Gasteiger partial charge on any atom is 0.275 e. The molecule has 1 amide bonds. The van der Waals surface area contributed by atoms with Crippen molar-refractivity contribution in [1.29, 1.82) is 0 Å². The van der Waals surface area contributed by atoms with Crippen molar-refractivity contribution in [3.05, 3.63) is 81.3 Å². The van der Waals surface area contributed by atoms with E-state index in [-0.39, 0.29) is 5.91 Å². The number of aromatic nitrogens is 1. The number of hydrogen-bond donors (Lipinski definition) is 1. The molecule has 0 aliphatic rings. The molecule has 5 heteroatoms. The van der Waals surface area contributed by atoms with Gasteiger partial charge >= 0.3 is 0 Å². The van der Waals surface area contributed by atoms with E-state index in [1.807, 2.05) is 30.3 Å². The predicted molar refractivity (Wildman–Crippen MR) is 90.8 cm³/mol. The molecule has 22 heavy (non-hydrogen) atoms. The van der Waals surface area contributed by atoms with Gasteiger partial charge in [0.1, 0.15) is 5.69 Å². The van der Waals surface area contributed by atoms with Gasteiger partial charge in [-0.05, 0) is 23.8 Å². The van der Waals surface area contributed by atoms with Gasteiger partial charge in [-0.25, -0.2) is 4.98 Å². The fourth-order valence-electron chi connectivity index (χ4n) is 2.03. The Kier molecular flexibility index (Phi) is 4.51. The highest BCUT2D eigenvalue weighted by Gasteiger charge is 2.11. The Morgan fingerprint density at radius 2 is 1.95 bits per heavy atom. The molecule has 0 saturated heterocycles. The van der Waals surface area contributed by atoms with Crippen LogP contribution in [0.5, 0.6) is 0 Å². The fraction of sp³-hybridized carbons (Fsp3) is 0.0588. The van der Waals surface area contributed by atoms with E-state index in [4.69, 9.17) is 11.6 Å². The first-order chi connectivity index (χ1) is 10.7. The van der Waals surface area contributed by atoms with Crippen molar-refractivity contribution >= 4 is 34.5 Å². The molecule has 1 heterocycles. The van der Waals surface area contributed by atoms with Crippen molar-refractivity contribution in [2.24, 2.45) is 0 Å². The number of anilines is 1. The summed E-state index contributed by atoms with van der Waals surface area (Å²) in [6.45, 7) is 0. The van der Waals surface area contributed by atoms with Gasteiger partial charge in [-0.3, -0.25) is 4.79 Å². The number of halogens is 1. The predicted octanol–water partition coefficient (Wildman–Crippen LogP) is 4.64. The minimum absolute atomic E-state index is 0.224. The van der Waals surface area contributed by atoms with Gasteiger partial charge in [0.05, 0.1) is 5.01 Å². The summed E-state index contributed by atoms with van der Waals surface area (Å²) in [7, 11) is 0. The first-order valence-corrected chi connectivity index (χ1v) is 8.02. The summed E-state index contributed by atoms with van der Waals surface area (Å²) in [5, 5.41) is 6.08. The second kappa shape index (κ2) is 6.73. The number of nitrogens with one attached hydrogen (secondary N) is 1. The standard InChI is InChI=1S/C17H13ClN2OS/c18-13-7-4-8-14(10-13)19-17(21)15-11-22-16(20-15)9-12-5-2-1-3-6-12/h1-8,10-11H,9H2,(H,19,21). The van der Waals surface area contributed by atoms with Crippen LogP contribution >= 0.6 is 22.9 Å². The smallest absolute Gasteiger partial charge is 0.275 e. The summed E-state index contributed by atoms with van der Waals surface area (Å²) in [6, 6.07) is 17.1. The first kappa shape index (κ1) is 14.8. The van der Waals surface area contributed by atoms with E-state index in [9.17, 15) is 4.79 Å². The van der Waals surface area contributed by atoms with Gasteiger partial charge in [-0.1, -0.05) is 48.0 Å². The summed E-state index contributed by atoms with van der Waals surface area (Å²) in [6.07, 6.45) is 0.732. The second-order valence-electron chi connectivity index (χ2n) is 4.75. The third-order valence-corrected chi connectivity index (χ3v) is 4.15. The van der Waals surface area contributed by atoms with E-state index < -0.39 is 0 Å². The van der Waals surface area contributed by atoms with Gasteiger partial charge in [0, 0.05) is 22.5 Å². The molecule has 0 aliphatic carbocycles. The van der Waals surface area contributed by atoms with Crippen LogP contribution < -0.4 is 5.32 Å². The Hall–Kier alpha value is -2.17. The van der Waals surface area contributed by atoms with Crippen LogP contribution in [0.4, 0.5) is 5.69 Å². The molecule has 0 aliphatic heterocycles. The van der Waals surface area contributed by atoms with E-state index in [2.05, 4.69) is 10.3 Å².